The number of unbranched alkanes of at least 4 members (excludes halogenated alkanes) is 9. The average molecular weight is 1000 g/mol. The number of aromatic nitrogens is 2. The van der Waals surface area contributed by atoms with E-state index in [1.165, 1.54) is 38.2 Å². The van der Waals surface area contributed by atoms with E-state index in [0.29, 0.717) is 19.3 Å². The highest BCUT2D eigenvalue weighted by atomic mass is 31.3. The van der Waals surface area contributed by atoms with Gasteiger partial charge in [0.25, 0.3) is 0 Å². The van der Waals surface area contributed by atoms with E-state index < -0.39 is 83.7 Å². The Balaban J connectivity index is 1.84. The Kier molecular flexibility index (Phi) is 31.2. The summed E-state index contributed by atoms with van der Waals surface area (Å²) in [7, 11) is -10.9. The van der Waals surface area contributed by atoms with Crippen LogP contribution in [0.15, 0.2) is 65.7 Å². The number of ether oxygens (including phenoxy) is 3. The lowest BCUT2D eigenvalue weighted by Crippen LogP contribution is -2.36. The number of esters is 2. The summed E-state index contributed by atoms with van der Waals surface area (Å²) in [5, 5.41) is 30.5. The second-order valence-corrected chi connectivity index (χ2v) is 20.3. The number of hydrogen-bond acceptors (Lipinski definition) is 16. The van der Waals surface area contributed by atoms with E-state index in [1.54, 1.807) is 0 Å². The lowest BCUT2D eigenvalue weighted by molar-refractivity contribution is -0.161. The van der Waals surface area contributed by atoms with Crippen LogP contribution in [0.1, 0.15) is 155 Å². The Morgan fingerprint density at radius 1 is 0.779 bits per heavy atom. The Morgan fingerprint density at radius 3 is 1.94 bits per heavy atom. The SMILES string of the molecule is CC[C@H](O)CC/C=C\C/C=C\C/C=C\C/C=C\CCCC(=O)OC[C@H](COP(=O)(O)OP(=O)(O)OC[C@H]1O[C@@H](n2ccc(N)nc2=O)[C@H](O)[C@@H]1O)OC(=O)CCCCCCCCCCCC(C)C. The summed E-state index contributed by atoms with van der Waals surface area (Å²) in [6, 6.07) is 1.24. The number of phosphoric ester groups is 2. The number of aliphatic hydroxyl groups is 3. The number of carbonyl (C=O) groups is 2. The van der Waals surface area contributed by atoms with E-state index in [9.17, 15) is 48.6 Å². The zero-order chi connectivity index (χ0) is 50.2. The Bertz CT molecular complexity index is 1860. The standard InChI is InChI=1S/C47H79N3O16P2/c1-4-38(51)29-25-21-17-13-9-7-5-6-8-10-14-18-22-26-30-42(52)61-34-39(64-43(53)31-27-23-19-15-11-12-16-20-24-28-37(2)3)35-62-67(57,58)66-68(59,60)63-36-40-44(54)45(55)46(65-40)50-33-32-41(48)49-47(50)56/h6-9,14,17-18,21,32-33,37-40,44-46,51,54-55H,4-5,10-13,15-16,19-20,22-31,34-36H2,1-3H3,(H,57,58)(H,59,60)(H2,48,49,56)/b8-6-,9-7-,18-14-,21-17-/t38-,39+,40+,44+,45+,46+/m0/s1. The minimum absolute atomic E-state index is 0.0306. The van der Waals surface area contributed by atoms with Gasteiger partial charge in [-0.1, -0.05) is 127 Å². The van der Waals surface area contributed by atoms with Crippen molar-refractivity contribution in [3.8, 4) is 0 Å². The molecule has 1 aromatic heterocycles. The number of hydrogen-bond donors (Lipinski definition) is 6. The fourth-order valence-corrected chi connectivity index (χ4v) is 8.93. The predicted molar refractivity (Wildman–Crippen MR) is 258 cm³/mol. The number of carbonyl (C=O) groups excluding carboxylic acids is 2. The zero-order valence-corrected chi connectivity index (χ0v) is 42.0. The molecule has 0 aromatic carbocycles. The van der Waals surface area contributed by atoms with Gasteiger partial charge < -0.3 is 45.1 Å². The first kappa shape index (κ1) is 60.8. The average Bonchev–Trinajstić information content (AvgIpc) is 3.56. The molecule has 19 nitrogen and oxygen atoms in total. The van der Waals surface area contributed by atoms with Gasteiger partial charge in [0.15, 0.2) is 12.3 Å². The van der Waals surface area contributed by atoms with Crippen molar-refractivity contribution in [3.05, 3.63) is 71.4 Å². The van der Waals surface area contributed by atoms with Gasteiger partial charge in [0.05, 0.1) is 19.3 Å². The molecule has 68 heavy (non-hydrogen) atoms. The van der Waals surface area contributed by atoms with E-state index >= 15 is 0 Å². The van der Waals surface area contributed by atoms with Crippen LogP contribution in [0, 0.1) is 5.92 Å². The van der Waals surface area contributed by atoms with Crippen molar-refractivity contribution in [3.63, 3.8) is 0 Å². The molecule has 0 aliphatic carbocycles. The predicted octanol–water partition coefficient (Wildman–Crippen LogP) is 8.21. The third-order valence-corrected chi connectivity index (χ3v) is 13.4. The van der Waals surface area contributed by atoms with E-state index in [0.717, 1.165) is 80.9 Å². The number of rotatable bonds is 38. The first-order valence-corrected chi connectivity index (χ1v) is 27.1. The van der Waals surface area contributed by atoms with Crippen LogP contribution in [-0.2, 0) is 46.3 Å². The summed E-state index contributed by atoms with van der Waals surface area (Å²) in [4.78, 5) is 61.7. The molecule has 0 saturated carbocycles. The van der Waals surface area contributed by atoms with Gasteiger partial charge in [0.2, 0.25) is 0 Å². The maximum atomic E-state index is 12.8. The van der Waals surface area contributed by atoms with Gasteiger partial charge in [-0.2, -0.15) is 9.29 Å². The van der Waals surface area contributed by atoms with Crippen molar-refractivity contribution in [1.82, 2.24) is 9.55 Å². The third-order valence-electron chi connectivity index (χ3n) is 10.8. The number of nitrogens with zero attached hydrogens (tertiary/aromatic N) is 2. The normalized spacial score (nSPS) is 20.4. The summed E-state index contributed by atoms with van der Waals surface area (Å²) >= 11 is 0. The van der Waals surface area contributed by atoms with E-state index in [1.807, 2.05) is 25.2 Å². The van der Waals surface area contributed by atoms with Crippen LogP contribution in [0.5, 0.6) is 0 Å². The summed E-state index contributed by atoms with van der Waals surface area (Å²) in [6.07, 6.45) is 26.0. The number of aliphatic hydroxyl groups excluding tert-OH is 3. The Labute approximate surface area is 402 Å². The second-order valence-electron chi connectivity index (χ2n) is 17.2. The second kappa shape index (κ2) is 34.9. The van der Waals surface area contributed by atoms with Crippen molar-refractivity contribution in [2.45, 2.75) is 186 Å². The van der Waals surface area contributed by atoms with Gasteiger partial charge in [0, 0.05) is 19.0 Å². The fraction of sp³-hybridized carbons (Fsp3) is 0.702. The molecule has 1 fully saturated rings. The van der Waals surface area contributed by atoms with Crippen molar-refractivity contribution in [1.29, 1.82) is 0 Å². The minimum Gasteiger partial charge on any atom is -0.462 e. The maximum absolute atomic E-state index is 12.8. The molecule has 7 N–H and O–H groups in total. The first-order chi connectivity index (χ1) is 32.4. The van der Waals surface area contributed by atoms with Gasteiger partial charge in [-0.3, -0.25) is 23.2 Å². The molecule has 2 rings (SSSR count). The molecule has 2 unspecified atom stereocenters. The highest BCUT2D eigenvalue weighted by Crippen LogP contribution is 2.60. The molecule has 388 valence electrons. The lowest BCUT2D eigenvalue weighted by Gasteiger charge is -2.21. The summed E-state index contributed by atoms with van der Waals surface area (Å²) in [5.74, 6) is -0.665. The third kappa shape index (κ3) is 28.4. The fourth-order valence-electron chi connectivity index (χ4n) is 6.82. The largest absolute Gasteiger partial charge is 0.481 e. The highest BCUT2D eigenvalue weighted by molar-refractivity contribution is 7.61. The van der Waals surface area contributed by atoms with Gasteiger partial charge in [-0.05, 0) is 69.8 Å². The molecule has 1 aliphatic rings. The molecular weight excluding hydrogens is 924 g/mol. The smallest absolute Gasteiger partial charge is 0.462 e. The quantitative estimate of drug-likeness (QED) is 0.0157. The molecule has 1 aliphatic heterocycles. The summed E-state index contributed by atoms with van der Waals surface area (Å²) in [5.41, 5.74) is 4.57. The molecule has 0 spiro atoms. The lowest BCUT2D eigenvalue weighted by atomic mass is 10.0. The molecule has 0 amide bonds. The number of nitrogen functional groups attached to an aromatic ring is 1. The molecule has 8 atom stereocenters. The number of phosphoric acid groups is 2. The molecular formula is C47H79N3O16P2. The maximum Gasteiger partial charge on any atom is 0.481 e. The number of anilines is 1. The van der Waals surface area contributed by atoms with Crippen molar-refractivity contribution in [2.75, 3.05) is 25.6 Å². The summed E-state index contributed by atoms with van der Waals surface area (Å²) in [6.45, 7) is 4.06. The number of allylic oxidation sites excluding steroid dienone is 8. The van der Waals surface area contributed by atoms with E-state index in [4.69, 9.17) is 29.0 Å². The molecule has 0 radical (unpaired) electrons. The highest BCUT2D eigenvalue weighted by Gasteiger charge is 2.46. The van der Waals surface area contributed by atoms with Crippen LogP contribution in [0.25, 0.3) is 0 Å². The van der Waals surface area contributed by atoms with Gasteiger partial charge in [-0.25, -0.2) is 13.9 Å². The summed E-state index contributed by atoms with van der Waals surface area (Å²) < 4.78 is 56.6. The van der Waals surface area contributed by atoms with Crippen LogP contribution in [0.2, 0.25) is 0 Å². The van der Waals surface area contributed by atoms with Crippen molar-refractivity contribution >= 4 is 33.4 Å². The van der Waals surface area contributed by atoms with Crippen LogP contribution in [-0.4, -0.2) is 96.9 Å². The van der Waals surface area contributed by atoms with Crippen LogP contribution >= 0.6 is 15.6 Å². The molecule has 1 saturated heterocycles. The van der Waals surface area contributed by atoms with Crippen LogP contribution in [0.3, 0.4) is 0 Å². The van der Waals surface area contributed by atoms with E-state index in [2.05, 4.69) is 53.5 Å². The van der Waals surface area contributed by atoms with Crippen LogP contribution < -0.4 is 11.4 Å². The minimum atomic E-state index is -5.44. The van der Waals surface area contributed by atoms with Gasteiger partial charge in [-0.15, -0.1) is 0 Å². The topological polar surface area (TPSA) is 286 Å². The van der Waals surface area contributed by atoms with Gasteiger partial charge in [0.1, 0.15) is 30.7 Å². The van der Waals surface area contributed by atoms with Gasteiger partial charge >= 0.3 is 33.3 Å². The molecule has 0 bridgehead atoms. The molecule has 21 heteroatoms. The van der Waals surface area contributed by atoms with Crippen LogP contribution in [0.4, 0.5) is 5.82 Å². The number of nitrogens with two attached hydrogens (primary N) is 1. The van der Waals surface area contributed by atoms with E-state index in [-0.39, 0.29) is 24.8 Å². The molecule has 2 heterocycles. The first-order valence-electron chi connectivity index (χ1n) is 24.1. The zero-order valence-electron chi connectivity index (χ0n) is 40.2. The monoisotopic (exact) mass is 1000 g/mol. The Hall–Kier alpha value is -3.32. The van der Waals surface area contributed by atoms with Crippen molar-refractivity contribution in [2.24, 2.45) is 5.92 Å². The van der Waals surface area contributed by atoms with Crippen molar-refractivity contribution < 1.29 is 71.4 Å². The molecule has 1 aromatic rings. The Morgan fingerprint density at radius 2 is 1.34 bits per heavy atom.